The van der Waals surface area contributed by atoms with Crippen molar-refractivity contribution in [1.29, 1.82) is 0 Å². The maximum Gasteiger partial charge on any atom is 0.252 e. The van der Waals surface area contributed by atoms with Gasteiger partial charge in [0.2, 0.25) is 5.95 Å². The first kappa shape index (κ1) is 19.6. The van der Waals surface area contributed by atoms with E-state index >= 15 is 0 Å². The number of thiophene rings is 1. The van der Waals surface area contributed by atoms with Crippen molar-refractivity contribution in [2.45, 2.75) is 17.2 Å². The van der Waals surface area contributed by atoms with Crippen LogP contribution in [0.1, 0.15) is 11.3 Å². The van der Waals surface area contributed by atoms with E-state index in [-0.39, 0.29) is 6.54 Å². The van der Waals surface area contributed by atoms with Crippen molar-refractivity contribution in [1.82, 2.24) is 14.3 Å². The Bertz CT molecular complexity index is 1090. The molecule has 1 aliphatic heterocycles. The highest BCUT2D eigenvalue weighted by atomic mass is 32.2. The molecule has 10 heteroatoms. The summed E-state index contributed by atoms with van der Waals surface area (Å²) in [6, 6.07) is 8.79. The van der Waals surface area contributed by atoms with Gasteiger partial charge in [0.1, 0.15) is 15.7 Å². The lowest BCUT2D eigenvalue weighted by atomic mass is 10.1. The SMILES string of the molecule is COc1cc(Nc2ncc3c(n2)CCN(S(=O)(=O)c2cccs2)C3)cc(OC)c1. The zero-order valence-corrected chi connectivity index (χ0v) is 17.6. The first-order chi connectivity index (χ1) is 14.0. The number of nitrogens with zero attached hydrogens (tertiary/aromatic N) is 3. The van der Waals surface area contributed by atoms with Gasteiger partial charge >= 0.3 is 0 Å². The van der Waals surface area contributed by atoms with Crippen LogP contribution in [0.4, 0.5) is 11.6 Å². The predicted molar refractivity (Wildman–Crippen MR) is 110 cm³/mol. The van der Waals surface area contributed by atoms with Gasteiger partial charge in [0.05, 0.1) is 19.9 Å². The van der Waals surface area contributed by atoms with E-state index in [0.717, 1.165) is 16.9 Å². The van der Waals surface area contributed by atoms with Crippen molar-refractivity contribution in [3.8, 4) is 11.5 Å². The Labute approximate surface area is 173 Å². The molecule has 1 aliphatic rings. The molecule has 0 saturated heterocycles. The summed E-state index contributed by atoms with van der Waals surface area (Å²) in [5.74, 6) is 1.74. The number of anilines is 2. The molecule has 4 rings (SSSR count). The first-order valence-electron chi connectivity index (χ1n) is 8.88. The van der Waals surface area contributed by atoms with Crippen LogP contribution in [0.3, 0.4) is 0 Å². The van der Waals surface area contributed by atoms with Gasteiger partial charge in [0, 0.05) is 55.2 Å². The molecule has 152 valence electrons. The fourth-order valence-electron chi connectivity index (χ4n) is 3.10. The van der Waals surface area contributed by atoms with Crippen LogP contribution < -0.4 is 14.8 Å². The molecule has 0 unspecified atom stereocenters. The van der Waals surface area contributed by atoms with Gasteiger partial charge in [-0.25, -0.2) is 18.4 Å². The smallest absolute Gasteiger partial charge is 0.252 e. The molecule has 0 atom stereocenters. The van der Waals surface area contributed by atoms with Gasteiger partial charge < -0.3 is 14.8 Å². The van der Waals surface area contributed by atoms with Crippen LogP contribution >= 0.6 is 11.3 Å². The average molecular weight is 433 g/mol. The second-order valence-electron chi connectivity index (χ2n) is 6.41. The second kappa shape index (κ2) is 7.97. The normalized spacial score (nSPS) is 14.3. The third kappa shape index (κ3) is 4.04. The molecule has 8 nitrogen and oxygen atoms in total. The van der Waals surface area contributed by atoms with E-state index in [2.05, 4.69) is 15.3 Å². The van der Waals surface area contributed by atoms with Crippen LogP contribution in [0.15, 0.2) is 46.1 Å². The molecular weight excluding hydrogens is 412 g/mol. The monoisotopic (exact) mass is 432 g/mol. The van der Waals surface area contributed by atoms with Gasteiger partial charge in [-0.15, -0.1) is 11.3 Å². The Hall–Kier alpha value is -2.69. The van der Waals surface area contributed by atoms with E-state index < -0.39 is 10.0 Å². The molecule has 0 fully saturated rings. The molecule has 1 aromatic carbocycles. The highest BCUT2D eigenvalue weighted by molar-refractivity contribution is 7.91. The molecule has 0 amide bonds. The van der Waals surface area contributed by atoms with Crippen LogP contribution in [0.2, 0.25) is 0 Å². The lowest BCUT2D eigenvalue weighted by Crippen LogP contribution is -2.36. The Morgan fingerprint density at radius 2 is 1.93 bits per heavy atom. The number of rotatable bonds is 6. The van der Waals surface area contributed by atoms with Gasteiger partial charge in [0.15, 0.2) is 0 Å². The molecule has 1 N–H and O–H groups in total. The zero-order chi connectivity index (χ0) is 20.4. The summed E-state index contributed by atoms with van der Waals surface area (Å²) in [6.45, 7) is 0.652. The van der Waals surface area contributed by atoms with E-state index in [1.165, 1.54) is 15.6 Å². The number of aromatic nitrogens is 2. The highest BCUT2D eigenvalue weighted by Gasteiger charge is 2.30. The van der Waals surface area contributed by atoms with Crippen LogP contribution in [-0.2, 0) is 23.0 Å². The fraction of sp³-hybridized carbons (Fsp3) is 0.263. The Kier molecular flexibility index (Phi) is 5.39. The van der Waals surface area contributed by atoms with Crippen LogP contribution in [0, 0.1) is 0 Å². The summed E-state index contributed by atoms with van der Waals surface area (Å²) < 4.78 is 37.9. The van der Waals surface area contributed by atoms with E-state index in [1.807, 2.05) is 12.1 Å². The lowest BCUT2D eigenvalue weighted by molar-refractivity contribution is 0.388. The second-order valence-corrected chi connectivity index (χ2v) is 9.53. The minimum Gasteiger partial charge on any atom is -0.497 e. The molecule has 0 radical (unpaired) electrons. The highest BCUT2D eigenvalue weighted by Crippen LogP contribution is 2.29. The minimum atomic E-state index is -3.48. The topological polar surface area (TPSA) is 93.6 Å². The van der Waals surface area contributed by atoms with Crippen molar-refractivity contribution >= 4 is 33.0 Å². The van der Waals surface area contributed by atoms with E-state index in [0.29, 0.717) is 34.6 Å². The van der Waals surface area contributed by atoms with E-state index in [4.69, 9.17) is 9.47 Å². The predicted octanol–water partition coefficient (Wildman–Crippen LogP) is 3.05. The minimum absolute atomic E-state index is 0.267. The number of fused-ring (bicyclic) bond motifs is 1. The van der Waals surface area contributed by atoms with Crippen molar-refractivity contribution in [2.75, 3.05) is 26.1 Å². The Morgan fingerprint density at radius 1 is 1.17 bits per heavy atom. The van der Waals surface area contributed by atoms with Crippen molar-refractivity contribution in [3.63, 3.8) is 0 Å². The largest absolute Gasteiger partial charge is 0.497 e. The van der Waals surface area contributed by atoms with Crippen molar-refractivity contribution < 1.29 is 17.9 Å². The molecule has 0 saturated carbocycles. The Morgan fingerprint density at radius 3 is 2.59 bits per heavy atom. The van der Waals surface area contributed by atoms with Gasteiger partial charge in [-0.3, -0.25) is 0 Å². The third-order valence-electron chi connectivity index (χ3n) is 4.60. The lowest BCUT2D eigenvalue weighted by Gasteiger charge is -2.26. The van der Waals surface area contributed by atoms with E-state index in [1.54, 1.807) is 44.0 Å². The van der Waals surface area contributed by atoms with Crippen LogP contribution in [0.25, 0.3) is 0 Å². The number of sulfonamides is 1. The summed E-state index contributed by atoms with van der Waals surface area (Å²) in [6.07, 6.45) is 2.21. The summed E-state index contributed by atoms with van der Waals surface area (Å²) in [5, 5.41) is 4.92. The van der Waals surface area contributed by atoms with Gasteiger partial charge in [-0.2, -0.15) is 4.31 Å². The molecular formula is C19H20N4O4S2. The summed E-state index contributed by atoms with van der Waals surface area (Å²) in [4.78, 5) is 8.93. The molecule has 0 spiro atoms. The summed E-state index contributed by atoms with van der Waals surface area (Å²) >= 11 is 1.22. The molecule has 0 bridgehead atoms. The zero-order valence-electron chi connectivity index (χ0n) is 16.0. The number of methoxy groups -OCH3 is 2. The number of nitrogens with one attached hydrogen (secondary N) is 1. The average Bonchev–Trinajstić information content (AvgIpc) is 3.29. The molecule has 29 heavy (non-hydrogen) atoms. The number of ether oxygens (including phenoxy) is 2. The standard InChI is InChI=1S/C19H20N4O4S2/c1-26-15-8-14(9-16(10-15)27-2)21-19-20-11-13-12-23(6-5-17(13)22-19)29(24,25)18-4-3-7-28-18/h3-4,7-11H,5-6,12H2,1-2H3,(H,20,21,22). The van der Waals surface area contributed by atoms with Crippen molar-refractivity contribution in [2.24, 2.45) is 0 Å². The fourth-order valence-corrected chi connectivity index (χ4v) is 5.67. The van der Waals surface area contributed by atoms with Gasteiger partial charge in [-0.05, 0) is 11.4 Å². The van der Waals surface area contributed by atoms with E-state index in [9.17, 15) is 8.42 Å². The molecule has 3 aromatic rings. The maximum atomic E-state index is 12.7. The van der Waals surface area contributed by atoms with Gasteiger partial charge in [-0.1, -0.05) is 6.07 Å². The quantitative estimate of drug-likeness (QED) is 0.640. The summed E-state index contributed by atoms with van der Waals surface area (Å²) in [5.41, 5.74) is 2.39. The molecule has 3 heterocycles. The number of hydrogen-bond donors (Lipinski definition) is 1. The van der Waals surface area contributed by atoms with Crippen LogP contribution in [0.5, 0.6) is 11.5 Å². The molecule has 0 aliphatic carbocycles. The van der Waals surface area contributed by atoms with Crippen molar-refractivity contribution in [3.05, 3.63) is 53.2 Å². The maximum absolute atomic E-state index is 12.7. The van der Waals surface area contributed by atoms with Crippen LogP contribution in [-0.4, -0.2) is 43.5 Å². The summed E-state index contributed by atoms with van der Waals surface area (Å²) in [7, 11) is -0.308. The third-order valence-corrected chi connectivity index (χ3v) is 7.81. The number of hydrogen-bond acceptors (Lipinski definition) is 8. The first-order valence-corrected chi connectivity index (χ1v) is 11.2. The Balaban J connectivity index is 1.54. The number of benzene rings is 1. The molecule has 2 aromatic heterocycles. The van der Waals surface area contributed by atoms with Gasteiger partial charge in [0.25, 0.3) is 10.0 Å².